The van der Waals surface area contributed by atoms with Gasteiger partial charge in [-0.1, -0.05) is 30.3 Å². The molecule has 0 saturated carbocycles. The molecule has 112 valence electrons. The van der Waals surface area contributed by atoms with Gasteiger partial charge >= 0.3 is 0 Å². The van der Waals surface area contributed by atoms with E-state index in [0.717, 1.165) is 38.6 Å². The Morgan fingerprint density at radius 3 is 2.60 bits per heavy atom. The van der Waals surface area contributed by atoms with E-state index in [1.54, 1.807) is 0 Å². The van der Waals surface area contributed by atoms with Crippen LogP contribution in [-0.2, 0) is 4.74 Å². The highest BCUT2D eigenvalue weighted by Gasteiger charge is 2.18. The average molecular weight is 294 g/mol. The number of hydrogen-bond donors (Lipinski definition) is 1. The first-order valence-electron chi connectivity index (χ1n) is 7.40. The van der Waals surface area contributed by atoms with Crippen LogP contribution in [0.4, 0.5) is 0 Å². The van der Waals surface area contributed by atoms with E-state index >= 15 is 0 Å². The van der Waals surface area contributed by atoms with Crippen molar-refractivity contribution in [3.8, 4) is 0 Å². The molecular formula is C16H26N2OS. The van der Waals surface area contributed by atoms with Gasteiger partial charge in [-0.3, -0.25) is 4.90 Å². The molecule has 1 aliphatic rings. The highest BCUT2D eigenvalue weighted by atomic mass is 32.2. The summed E-state index contributed by atoms with van der Waals surface area (Å²) in [5, 5.41) is 3.73. The van der Waals surface area contributed by atoms with E-state index in [-0.39, 0.29) is 0 Å². The summed E-state index contributed by atoms with van der Waals surface area (Å²) in [5.74, 6) is 1.11. The summed E-state index contributed by atoms with van der Waals surface area (Å²) in [4.78, 5) is 2.51. The van der Waals surface area contributed by atoms with Gasteiger partial charge in [0, 0.05) is 37.5 Å². The predicted octanol–water partition coefficient (Wildman–Crippen LogP) is 2.40. The molecule has 1 aromatic carbocycles. The van der Waals surface area contributed by atoms with E-state index in [0.29, 0.717) is 12.1 Å². The Labute approximate surface area is 127 Å². The van der Waals surface area contributed by atoms with Gasteiger partial charge in [-0.15, -0.1) is 0 Å². The third-order valence-corrected chi connectivity index (χ3v) is 4.53. The zero-order valence-corrected chi connectivity index (χ0v) is 13.4. The molecule has 4 heteroatoms. The summed E-state index contributed by atoms with van der Waals surface area (Å²) < 4.78 is 5.42. The third-order valence-electron chi connectivity index (χ3n) is 3.86. The number of ether oxygens (including phenoxy) is 1. The van der Waals surface area contributed by atoms with Crippen molar-refractivity contribution in [1.82, 2.24) is 10.2 Å². The SMILES string of the molecule is CSC[C@@H](NC[C@H](C)N1CCOCC1)c1ccccc1. The molecule has 0 amide bonds. The second-order valence-electron chi connectivity index (χ2n) is 5.32. The summed E-state index contributed by atoms with van der Waals surface area (Å²) >= 11 is 1.90. The summed E-state index contributed by atoms with van der Waals surface area (Å²) in [6.07, 6.45) is 2.17. The number of nitrogens with one attached hydrogen (secondary N) is 1. The first kappa shape index (κ1) is 15.8. The summed E-state index contributed by atoms with van der Waals surface area (Å²) in [5.41, 5.74) is 1.39. The van der Waals surface area contributed by atoms with Crippen LogP contribution >= 0.6 is 11.8 Å². The fraction of sp³-hybridized carbons (Fsp3) is 0.625. The standard InChI is InChI=1S/C16H26N2OS/c1-14(18-8-10-19-11-9-18)12-17-16(13-20-2)15-6-4-3-5-7-15/h3-7,14,16-17H,8-13H2,1-2H3/t14-,16+/m0/s1. The molecule has 0 aliphatic carbocycles. The van der Waals surface area contributed by atoms with Gasteiger partial charge in [-0.05, 0) is 18.7 Å². The number of benzene rings is 1. The van der Waals surface area contributed by atoms with Crippen molar-refractivity contribution in [3.63, 3.8) is 0 Å². The van der Waals surface area contributed by atoms with E-state index in [1.165, 1.54) is 5.56 Å². The molecule has 1 aliphatic heterocycles. The van der Waals surface area contributed by atoms with Crippen molar-refractivity contribution >= 4 is 11.8 Å². The van der Waals surface area contributed by atoms with E-state index in [1.807, 2.05) is 11.8 Å². The highest BCUT2D eigenvalue weighted by molar-refractivity contribution is 7.98. The van der Waals surface area contributed by atoms with Gasteiger partial charge in [-0.25, -0.2) is 0 Å². The molecule has 0 unspecified atom stereocenters. The summed E-state index contributed by atoms with van der Waals surface area (Å²) in [6, 6.07) is 11.8. The Kier molecular flexibility index (Phi) is 6.87. The van der Waals surface area contributed by atoms with Crippen molar-refractivity contribution < 1.29 is 4.74 Å². The molecule has 3 nitrogen and oxygen atoms in total. The van der Waals surface area contributed by atoms with Gasteiger partial charge in [0.2, 0.25) is 0 Å². The Morgan fingerprint density at radius 2 is 1.95 bits per heavy atom. The van der Waals surface area contributed by atoms with E-state index in [9.17, 15) is 0 Å². The Balaban J connectivity index is 1.85. The van der Waals surface area contributed by atoms with Gasteiger partial charge in [-0.2, -0.15) is 11.8 Å². The van der Waals surface area contributed by atoms with Crippen LogP contribution in [0.2, 0.25) is 0 Å². The van der Waals surface area contributed by atoms with E-state index in [4.69, 9.17) is 4.74 Å². The Bertz CT molecular complexity index is 368. The average Bonchev–Trinajstić information content (AvgIpc) is 2.53. The zero-order chi connectivity index (χ0) is 14.2. The fourth-order valence-electron chi connectivity index (χ4n) is 2.59. The van der Waals surface area contributed by atoms with Gasteiger partial charge in [0.1, 0.15) is 0 Å². The minimum atomic E-state index is 0.440. The molecular weight excluding hydrogens is 268 g/mol. The molecule has 20 heavy (non-hydrogen) atoms. The van der Waals surface area contributed by atoms with Crippen LogP contribution < -0.4 is 5.32 Å². The molecule has 0 radical (unpaired) electrons. The number of hydrogen-bond acceptors (Lipinski definition) is 4. The first-order chi connectivity index (χ1) is 9.81. The smallest absolute Gasteiger partial charge is 0.0594 e. The Hall–Kier alpha value is -0.550. The molecule has 1 aromatic rings. The lowest BCUT2D eigenvalue weighted by molar-refractivity contribution is 0.0200. The predicted molar refractivity (Wildman–Crippen MR) is 87.4 cm³/mol. The van der Waals surface area contributed by atoms with Crippen LogP contribution in [0.15, 0.2) is 30.3 Å². The normalized spacial score (nSPS) is 19.7. The lowest BCUT2D eigenvalue weighted by atomic mass is 10.1. The maximum atomic E-state index is 5.42. The minimum Gasteiger partial charge on any atom is -0.379 e. The number of thioether (sulfide) groups is 1. The molecule has 1 N–H and O–H groups in total. The van der Waals surface area contributed by atoms with Crippen LogP contribution in [0.3, 0.4) is 0 Å². The van der Waals surface area contributed by atoms with Crippen molar-refractivity contribution in [2.75, 3.05) is 44.9 Å². The van der Waals surface area contributed by atoms with Crippen molar-refractivity contribution in [1.29, 1.82) is 0 Å². The molecule has 1 heterocycles. The number of morpholine rings is 1. The second-order valence-corrected chi connectivity index (χ2v) is 6.23. The van der Waals surface area contributed by atoms with Crippen molar-refractivity contribution in [3.05, 3.63) is 35.9 Å². The topological polar surface area (TPSA) is 24.5 Å². The lowest BCUT2D eigenvalue weighted by Gasteiger charge is -2.33. The number of rotatable bonds is 7. The summed E-state index contributed by atoms with van der Waals surface area (Å²) in [6.45, 7) is 7.19. The van der Waals surface area contributed by atoms with E-state index < -0.39 is 0 Å². The Morgan fingerprint density at radius 1 is 1.25 bits per heavy atom. The monoisotopic (exact) mass is 294 g/mol. The van der Waals surface area contributed by atoms with Crippen molar-refractivity contribution in [2.45, 2.75) is 19.0 Å². The maximum Gasteiger partial charge on any atom is 0.0594 e. The number of nitrogens with zero attached hydrogens (tertiary/aromatic N) is 1. The van der Waals surface area contributed by atoms with Gasteiger partial charge in [0.15, 0.2) is 0 Å². The van der Waals surface area contributed by atoms with E-state index in [2.05, 4.69) is 53.7 Å². The van der Waals surface area contributed by atoms with Crippen LogP contribution in [0.25, 0.3) is 0 Å². The maximum absolute atomic E-state index is 5.42. The van der Waals surface area contributed by atoms with Crippen molar-refractivity contribution in [2.24, 2.45) is 0 Å². The fourth-order valence-corrected chi connectivity index (χ4v) is 3.23. The molecule has 0 aromatic heterocycles. The molecule has 2 atom stereocenters. The molecule has 1 fully saturated rings. The van der Waals surface area contributed by atoms with Crippen LogP contribution in [0.1, 0.15) is 18.5 Å². The molecule has 1 saturated heterocycles. The van der Waals surface area contributed by atoms with Crippen LogP contribution in [0.5, 0.6) is 0 Å². The van der Waals surface area contributed by atoms with Crippen LogP contribution in [-0.4, -0.2) is 55.8 Å². The molecule has 0 spiro atoms. The quantitative estimate of drug-likeness (QED) is 0.834. The van der Waals surface area contributed by atoms with Crippen LogP contribution in [0, 0.1) is 0 Å². The lowest BCUT2D eigenvalue weighted by Crippen LogP contribution is -2.47. The second kappa shape index (κ2) is 8.67. The van der Waals surface area contributed by atoms with Gasteiger partial charge in [0.25, 0.3) is 0 Å². The first-order valence-corrected chi connectivity index (χ1v) is 8.79. The molecule has 2 rings (SSSR count). The highest BCUT2D eigenvalue weighted by Crippen LogP contribution is 2.17. The minimum absolute atomic E-state index is 0.440. The molecule has 0 bridgehead atoms. The summed E-state index contributed by atoms with van der Waals surface area (Å²) in [7, 11) is 0. The van der Waals surface area contributed by atoms with Gasteiger partial charge in [0.05, 0.1) is 13.2 Å². The third kappa shape index (κ3) is 4.77. The van der Waals surface area contributed by atoms with Gasteiger partial charge < -0.3 is 10.1 Å². The zero-order valence-electron chi connectivity index (χ0n) is 12.5. The largest absolute Gasteiger partial charge is 0.379 e.